The summed E-state index contributed by atoms with van der Waals surface area (Å²) >= 11 is 0. The Hall–Kier alpha value is -0.0100. The minimum absolute atomic E-state index is 0.729. The maximum Gasteiger partial charge on any atom is 0.0203 e. The van der Waals surface area contributed by atoms with Crippen LogP contribution >= 0.6 is 8.58 Å². The standard InChI is InChI=1S/C16H27P/c1-3-4-14-7-11-16(12-8-14)17-15-9-5-13(2)6-10-15/h13-17H,5-12H2,1-2H3. The van der Waals surface area contributed by atoms with E-state index < -0.39 is 0 Å². The Labute approximate surface area is 109 Å². The predicted molar refractivity (Wildman–Crippen MR) is 78.9 cm³/mol. The van der Waals surface area contributed by atoms with Gasteiger partial charge in [-0.15, -0.1) is 20.4 Å². The number of rotatable bonds is 2. The van der Waals surface area contributed by atoms with E-state index in [4.69, 9.17) is 0 Å². The van der Waals surface area contributed by atoms with Gasteiger partial charge in [-0.25, -0.2) is 0 Å². The Kier molecular flexibility index (Phi) is 5.37. The van der Waals surface area contributed by atoms with Crippen molar-refractivity contribution < 1.29 is 0 Å². The van der Waals surface area contributed by atoms with Crippen molar-refractivity contribution in [1.29, 1.82) is 0 Å². The number of hydrogen-bond donors (Lipinski definition) is 0. The molecule has 0 radical (unpaired) electrons. The normalized spacial score (nSPS) is 38.9. The molecule has 0 N–H and O–H groups in total. The molecular weight excluding hydrogens is 223 g/mol. The molecule has 0 aromatic carbocycles. The zero-order chi connectivity index (χ0) is 12.1. The third kappa shape index (κ3) is 4.30. The van der Waals surface area contributed by atoms with E-state index >= 15 is 0 Å². The van der Waals surface area contributed by atoms with E-state index in [9.17, 15) is 0 Å². The lowest BCUT2D eigenvalue weighted by Gasteiger charge is -2.32. The van der Waals surface area contributed by atoms with Crippen molar-refractivity contribution in [2.75, 3.05) is 0 Å². The van der Waals surface area contributed by atoms with Crippen LogP contribution in [-0.4, -0.2) is 11.3 Å². The average Bonchev–Trinajstić information content (AvgIpc) is 2.35. The lowest BCUT2D eigenvalue weighted by molar-refractivity contribution is 0.386. The topological polar surface area (TPSA) is 0 Å². The third-order valence-corrected chi connectivity index (χ3v) is 6.66. The lowest BCUT2D eigenvalue weighted by Crippen LogP contribution is -2.19. The van der Waals surface area contributed by atoms with Crippen LogP contribution in [0.4, 0.5) is 0 Å². The first-order chi connectivity index (χ1) is 8.28. The van der Waals surface area contributed by atoms with E-state index in [1.165, 1.54) is 59.9 Å². The molecular formula is C16H27P. The Morgan fingerprint density at radius 3 is 1.88 bits per heavy atom. The third-order valence-electron chi connectivity index (χ3n) is 4.56. The molecule has 0 heterocycles. The SMILES string of the molecule is CC#CC1CCC(PC2CCC(C)CC2)CC1. The minimum atomic E-state index is 0.729. The van der Waals surface area contributed by atoms with E-state index in [0.29, 0.717) is 0 Å². The maximum atomic E-state index is 3.37. The Balaban J connectivity index is 1.68. The van der Waals surface area contributed by atoms with Crippen LogP contribution in [0.25, 0.3) is 0 Å². The lowest BCUT2D eigenvalue weighted by atomic mass is 9.89. The van der Waals surface area contributed by atoms with Crippen molar-refractivity contribution in [2.45, 2.75) is 76.5 Å². The second-order valence-corrected chi connectivity index (χ2v) is 8.03. The summed E-state index contributed by atoms with van der Waals surface area (Å²) in [5, 5.41) is 0. The summed E-state index contributed by atoms with van der Waals surface area (Å²) in [5.41, 5.74) is 2.15. The van der Waals surface area contributed by atoms with Crippen LogP contribution in [0.2, 0.25) is 0 Å². The van der Waals surface area contributed by atoms with Crippen LogP contribution < -0.4 is 0 Å². The van der Waals surface area contributed by atoms with Crippen molar-refractivity contribution in [2.24, 2.45) is 11.8 Å². The molecule has 2 aliphatic rings. The van der Waals surface area contributed by atoms with Gasteiger partial charge in [-0.1, -0.05) is 19.8 Å². The molecule has 0 aromatic rings. The highest BCUT2D eigenvalue weighted by atomic mass is 31.1. The fourth-order valence-corrected chi connectivity index (χ4v) is 5.37. The monoisotopic (exact) mass is 250 g/mol. The quantitative estimate of drug-likeness (QED) is 0.486. The van der Waals surface area contributed by atoms with Crippen LogP contribution in [-0.2, 0) is 0 Å². The molecule has 0 bridgehead atoms. The summed E-state index contributed by atoms with van der Waals surface area (Å²) in [6.07, 6.45) is 11.7. The van der Waals surface area contributed by atoms with Crippen LogP contribution in [0, 0.1) is 23.7 Å². The van der Waals surface area contributed by atoms with E-state index in [1.54, 1.807) is 0 Å². The summed E-state index contributed by atoms with van der Waals surface area (Å²) in [7, 11) is 1.26. The second kappa shape index (κ2) is 6.80. The fraction of sp³-hybridized carbons (Fsp3) is 0.875. The first-order valence-corrected chi connectivity index (χ1v) is 8.61. The van der Waals surface area contributed by atoms with E-state index in [-0.39, 0.29) is 0 Å². The molecule has 1 unspecified atom stereocenters. The van der Waals surface area contributed by atoms with Gasteiger partial charge < -0.3 is 0 Å². The highest BCUT2D eigenvalue weighted by molar-refractivity contribution is 7.39. The summed E-state index contributed by atoms with van der Waals surface area (Å²) in [5.74, 6) is 8.19. The van der Waals surface area contributed by atoms with Crippen LogP contribution in [0.1, 0.15) is 65.2 Å². The fourth-order valence-electron chi connectivity index (χ4n) is 3.37. The van der Waals surface area contributed by atoms with Crippen molar-refractivity contribution in [3.8, 4) is 11.8 Å². The molecule has 0 saturated heterocycles. The van der Waals surface area contributed by atoms with Gasteiger partial charge in [0.25, 0.3) is 0 Å². The largest absolute Gasteiger partial charge is 0.116 e. The molecule has 0 aromatic heterocycles. The van der Waals surface area contributed by atoms with Crippen molar-refractivity contribution in [3.05, 3.63) is 0 Å². The van der Waals surface area contributed by atoms with Crippen molar-refractivity contribution in [3.63, 3.8) is 0 Å². The summed E-state index contributed by atoms with van der Waals surface area (Å²) in [6, 6.07) is 0. The van der Waals surface area contributed by atoms with Gasteiger partial charge >= 0.3 is 0 Å². The summed E-state index contributed by atoms with van der Waals surface area (Å²) in [6.45, 7) is 4.41. The molecule has 2 aliphatic carbocycles. The van der Waals surface area contributed by atoms with Gasteiger partial charge in [0.1, 0.15) is 0 Å². The molecule has 2 saturated carbocycles. The summed E-state index contributed by atoms with van der Waals surface area (Å²) in [4.78, 5) is 0. The highest BCUT2D eigenvalue weighted by Crippen LogP contribution is 2.43. The van der Waals surface area contributed by atoms with Crippen molar-refractivity contribution >= 4 is 8.58 Å². The van der Waals surface area contributed by atoms with Gasteiger partial charge in [-0.3, -0.25) is 0 Å². The van der Waals surface area contributed by atoms with Gasteiger partial charge in [-0.2, -0.15) is 0 Å². The highest BCUT2D eigenvalue weighted by Gasteiger charge is 2.25. The van der Waals surface area contributed by atoms with Crippen LogP contribution in [0.5, 0.6) is 0 Å². The molecule has 0 nitrogen and oxygen atoms in total. The Morgan fingerprint density at radius 2 is 1.35 bits per heavy atom. The Morgan fingerprint density at radius 1 is 0.824 bits per heavy atom. The second-order valence-electron chi connectivity index (χ2n) is 6.07. The molecule has 0 spiro atoms. The first-order valence-electron chi connectivity index (χ1n) is 7.46. The zero-order valence-electron chi connectivity index (χ0n) is 11.5. The minimum Gasteiger partial charge on any atom is -0.116 e. The van der Waals surface area contributed by atoms with Gasteiger partial charge in [0, 0.05) is 5.92 Å². The molecule has 1 atom stereocenters. The number of hydrogen-bond acceptors (Lipinski definition) is 0. The van der Waals surface area contributed by atoms with Gasteiger partial charge in [0.05, 0.1) is 0 Å². The molecule has 2 rings (SSSR count). The van der Waals surface area contributed by atoms with Crippen LogP contribution in [0.3, 0.4) is 0 Å². The van der Waals surface area contributed by atoms with Crippen molar-refractivity contribution in [1.82, 2.24) is 0 Å². The maximum absolute atomic E-state index is 3.37. The molecule has 2 fully saturated rings. The van der Waals surface area contributed by atoms with Crippen LogP contribution in [0.15, 0.2) is 0 Å². The average molecular weight is 250 g/mol. The smallest absolute Gasteiger partial charge is 0.0203 e. The first kappa shape index (κ1) is 13.4. The van der Waals surface area contributed by atoms with E-state index in [1.807, 2.05) is 6.92 Å². The van der Waals surface area contributed by atoms with Gasteiger partial charge in [0.15, 0.2) is 0 Å². The Bertz CT molecular complexity index is 270. The van der Waals surface area contributed by atoms with Gasteiger partial charge in [-0.05, 0) is 62.7 Å². The molecule has 0 aliphatic heterocycles. The molecule has 0 amide bonds. The molecule has 96 valence electrons. The van der Waals surface area contributed by atoms with Gasteiger partial charge in [0.2, 0.25) is 0 Å². The predicted octanol–water partition coefficient (Wildman–Crippen LogP) is 4.83. The summed E-state index contributed by atoms with van der Waals surface area (Å²) < 4.78 is 0. The van der Waals surface area contributed by atoms with E-state index in [0.717, 1.165) is 23.2 Å². The molecule has 1 heteroatoms. The van der Waals surface area contributed by atoms with E-state index in [2.05, 4.69) is 18.8 Å². The zero-order valence-corrected chi connectivity index (χ0v) is 12.5. The molecule has 17 heavy (non-hydrogen) atoms.